The van der Waals surface area contributed by atoms with Gasteiger partial charge in [0.25, 0.3) is 5.69 Å². The number of hydrogen-bond donors (Lipinski definition) is 0. The highest BCUT2D eigenvalue weighted by Crippen LogP contribution is 2.22. The molecule has 0 aliphatic heterocycles. The third-order valence-electron chi connectivity index (χ3n) is 3.79. The van der Waals surface area contributed by atoms with Gasteiger partial charge in [-0.2, -0.15) is 0 Å². The van der Waals surface area contributed by atoms with Crippen LogP contribution in [0.4, 0.5) is 5.69 Å². The highest BCUT2D eigenvalue weighted by atomic mass is 32.2. The van der Waals surface area contributed by atoms with Gasteiger partial charge in [-0.05, 0) is 35.9 Å². The Hall–Kier alpha value is -3.13. The molecule has 138 valence electrons. The van der Waals surface area contributed by atoms with Gasteiger partial charge < -0.3 is 9.32 Å². The van der Waals surface area contributed by atoms with E-state index in [0.717, 1.165) is 10.5 Å². The predicted octanol–water partition coefficient (Wildman–Crippen LogP) is 3.90. The van der Waals surface area contributed by atoms with Gasteiger partial charge in [0, 0.05) is 36.0 Å². The molecule has 0 unspecified atom stereocenters. The van der Waals surface area contributed by atoms with E-state index in [-0.39, 0.29) is 17.3 Å². The minimum absolute atomic E-state index is 0.0294. The van der Waals surface area contributed by atoms with Crippen molar-refractivity contribution >= 4 is 23.4 Å². The predicted molar refractivity (Wildman–Crippen MR) is 101 cm³/mol. The minimum atomic E-state index is -0.446. The number of furan rings is 1. The summed E-state index contributed by atoms with van der Waals surface area (Å²) in [5.74, 6) is 0.866. The molecule has 8 heteroatoms. The summed E-state index contributed by atoms with van der Waals surface area (Å²) in [4.78, 5) is 29.6. The van der Waals surface area contributed by atoms with E-state index in [9.17, 15) is 14.9 Å². The maximum Gasteiger partial charge on any atom is 0.269 e. The molecular weight excluding hydrogens is 366 g/mol. The normalized spacial score (nSPS) is 10.5. The summed E-state index contributed by atoms with van der Waals surface area (Å²) in [5, 5.41) is 10.7. The van der Waals surface area contributed by atoms with Gasteiger partial charge in [-0.25, -0.2) is 0 Å². The van der Waals surface area contributed by atoms with Crippen molar-refractivity contribution in [3.05, 3.63) is 88.6 Å². The molecule has 7 nitrogen and oxygen atoms in total. The average Bonchev–Trinajstić information content (AvgIpc) is 3.20. The summed E-state index contributed by atoms with van der Waals surface area (Å²) in [5.41, 5.74) is 0.958. The number of hydrogen-bond acceptors (Lipinski definition) is 6. The number of aromatic nitrogens is 1. The molecule has 3 rings (SSSR count). The fraction of sp³-hybridized carbons (Fsp3) is 0.158. The van der Waals surface area contributed by atoms with Crippen molar-refractivity contribution in [3.63, 3.8) is 0 Å². The van der Waals surface area contributed by atoms with E-state index in [1.165, 1.54) is 23.9 Å². The molecule has 0 saturated heterocycles. The van der Waals surface area contributed by atoms with Gasteiger partial charge in [0.1, 0.15) is 5.76 Å². The van der Waals surface area contributed by atoms with Crippen molar-refractivity contribution in [2.75, 3.05) is 5.75 Å². The Morgan fingerprint density at radius 2 is 1.96 bits per heavy atom. The van der Waals surface area contributed by atoms with E-state index in [0.29, 0.717) is 18.8 Å². The molecule has 2 aromatic heterocycles. The molecule has 0 N–H and O–H groups in total. The lowest BCUT2D eigenvalue weighted by molar-refractivity contribution is -0.384. The molecule has 2 heterocycles. The second-order valence-electron chi connectivity index (χ2n) is 5.73. The number of thioether (sulfide) groups is 1. The van der Waals surface area contributed by atoms with E-state index in [4.69, 9.17) is 4.42 Å². The third kappa shape index (κ3) is 5.42. The topological polar surface area (TPSA) is 89.5 Å². The zero-order valence-electron chi connectivity index (χ0n) is 14.4. The number of rotatable bonds is 8. The van der Waals surface area contributed by atoms with E-state index in [2.05, 4.69) is 4.98 Å². The summed E-state index contributed by atoms with van der Waals surface area (Å²) in [7, 11) is 0. The molecule has 3 aromatic rings. The van der Waals surface area contributed by atoms with Crippen LogP contribution in [-0.2, 0) is 17.9 Å². The molecule has 0 aliphatic rings. The largest absolute Gasteiger partial charge is 0.467 e. The summed E-state index contributed by atoms with van der Waals surface area (Å²) in [6, 6.07) is 13.5. The SMILES string of the molecule is O=C(CSc1ccc([N+](=O)[O-])cc1)N(Cc1cccnc1)Cc1ccco1. The van der Waals surface area contributed by atoms with Gasteiger partial charge in [-0.1, -0.05) is 6.07 Å². The molecule has 0 fully saturated rings. The van der Waals surface area contributed by atoms with Crippen molar-refractivity contribution in [2.45, 2.75) is 18.0 Å². The summed E-state index contributed by atoms with van der Waals surface area (Å²) in [6.07, 6.45) is 4.99. The molecule has 0 radical (unpaired) electrons. The molecule has 0 atom stereocenters. The lowest BCUT2D eigenvalue weighted by Gasteiger charge is -2.21. The van der Waals surface area contributed by atoms with Crippen LogP contribution in [0.1, 0.15) is 11.3 Å². The van der Waals surface area contributed by atoms with E-state index >= 15 is 0 Å². The number of benzene rings is 1. The van der Waals surface area contributed by atoms with Crippen molar-refractivity contribution in [1.29, 1.82) is 0 Å². The molecule has 1 amide bonds. The van der Waals surface area contributed by atoms with Crippen molar-refractivity contribution < 1.29 is 14.1 Å². The molecule has 1 aromatic carbocycles. The molecule has 0 bridgehead atoms. The van der Waals surface area contributed by atoms with Crippen LogP contribution in [0.2, 0.25) is 0 Å². The minimum Gasteiger partial charge on any atom is -0.467 e. The third-order valence-corrected chi connectivity index (χ3v) is 4.78. The summed E-state index contributed by atoms with van der Waals surface area (Å²) >= 11 is 1.34. The number of non-ortho nitro benzene ring substituents is 1. The second-order valence-corrected chi connectivity index (χ2v) is 6.78. The number of carbonyl (C=O) groups excluding carboxylic acids is 1. The van der Waals surface area contributed by atoms with Crippen LogP contribution in [0, 0.1) is 10.1 Å². The van der Waals surface area contributed by atoms with Crippen LogP contribution < -0.4 is 0 Å². The quantitative estimate of drug-likeness (QED) is 0.333. The van der Waals surface area contributed by atoms with Gasteiger partial charge >= 0.3 is 0 Å². The zero-order chi connectivity index (χ0) is 19.1. The Kier molecular flexibility index (Phi) is 6.22. The van der Waals surface area contributed by atoms with Gasteiger partial charge in [0.2, 0.25) is 5.91 Å². The highest BCUT2D eigenvalue weighted by Gasteiger charge is 2.17. The Morgan fingerprint density at radius 3 is 2.59 bits per heavy atom. The van der Waals surface area contributed by atoms with E-state index < -0.39 is 4.92 Å². The maximum absolute atomic E-state index is 12.8. The Balaban J connectivity index is 1.65. The first-order valence-corrected chi connectivity index (χ1v) is 9.16. The zero-order valence-corrected chi connectivity index (χ0v) is 15.2. The van der Waals surface area contributed by atoms with Crippen LogP contribution in [0.3, 0.4) is 0 Å². The second kappa shape index (κ2) is 9.00. The Labute approximate surface area is 160 Å². The average molecular weight is 383 g/mol. The smallest absolute Gasteiger partial charge is 0.269 e. The lowest BCUT2D eigenvalue weighted by Crippen LogP contribution is -2.31. The van der Waals surface area contributed by atoms with Crippen LogP contribution in [0.25, 0.3) is 0 Å². The van der Waals surface area contributed by atoms with Crippen LogP contribution in [0.15, 0.2) is 76.5 Å². The van der Waals surface area contributed by atoms with Gasteiger partial charge in [-0.15, -0.1) is 11.8 Å². The number of nitro benzene ring substituents is 1. The van der Waals surface area contributed by atoms with Crippen molar-refractivity contribution in [2.24, 2.45) is 0 Å². The maximum atomic E-state index is 12.8. The molecule has 0 spiro atoms. The number of nitrogens with zero attached hydrogens (tertiary/aromatic N) is 3. The first-order valence-electron chi connectivity index (χ1n) is 8.18. The highest BCUT2D eigenvalue weighted by molar-refractivity contribution is 8.00. The Bertz CT molecular complexity index is 883. The van der Waals surface area contributed by atoms with E-state index in [1.807, 2.05) is 18.2 Å². The Morgan fingerprint density at radius 1 is 1.15 bits per heavy atom. The monoisotopic (exact) mass is 383 g/mol. The standard InChI is InChI=1S/C19H17N3O4S/c23-19(14-27-18-7-5-16(6-8-18)22(24)25)21(13-17-4-2-10-26-17)12-15-3-1-9-20-11-15/h1-11H,12-14H2. The molecule has 0 saturated carbocycles. The van der Waals surface area contributed by atoms with Crippen molar-refractivity contribution in [1.82, 2.24) is 9.88 Å². The van der Waals surface area contributed by atoms with Crippen LogP contribution in [-0.4, -0.2) is 26.5 Å². The molecular formula is C19H17N3O4S. The van der Waals surface area contributed by atoms with E-state index in [1.54, 1.807) is 41.8 Å². The molecule has 27 heavy (non-hydrogen) atoms. The number of pyridine rings is 1. The van der Waals surface area contributed by atoms with Crippen LogP contribution in [0.5, 0.6) is 0 Å². The van der Waals surface area contributed by atoms with Crippen molar-refractivity contribution in [3.8, 4) is 0 Å². The number of nitro groups is 1. The number of carbonyl (C=O) groups is 1. The summed E-state index contributed by atoms with van der Waals surface area (Å²) < 4.78 is 5.37. The fourth-order valence-electron chi connectivity index (χ4n) is 2.44. The lowest BCUT2D eigenvalue weighted by atomic mass is 10.2. The van der Waals surface area contributed by atoms with Gasteiger partial charge in [0.15, 0.2) is 0 Å². The van der Waals surface area contributed by atoms with Gasteiger partial charge in [-0.3, -0.25) is 19.9 Å². The molecule has 0 aliphatic carbocycles. The first-order chi connectivity index (χ1) is 13.1. The van der Waals surface area contributed by atoms with Gasteiger partial charge in [0.05, 0.1) is 23.5 Å². The summed E-state index contributed by atoms with van der Waals surface area (Å²) in [6.45, 7) is 0.787. The van der Waals surface area contributed by atoms with Crippen LogP contribution >= 0.6 is 11.8 Å². The number of amides is 1. The fourth-order valence-corrected chi connectivity index (χ4v) is 3.24. The first kappa shape index (κ1) is 18.7.